The van der Waals surface area contributed by atoms with Gasteiger partial charge in [-0.3, -0.25) is 0 Å². The molecule has 3 aromatic rings. The number of imidazole rings is 1. The van der Waals surface area contributed by atoms with Crippen LogP contribution in [0.15, 0.2) is 42.5 Å². The maximum absolute atomic E-state index is 10.1. The Hall–Kier alpha value is -2.51. The molecule has 5 heteroatoms. The number of nitrogens with zero attached hydrogens (tertiary/aromatic N) is 3. The predicted octanol–water partition coefficient (Wildman–Crippen LogP) is 3.47. The van der Waals surface area contributed by atoms with Crippen LogP contribution in [0.3, 0.4) is 0 Å². The Bertz CT molecular complexity index is 800. The van der Waals surface area contributed by atoms with E-state index in [1.807, 2.05) is 6.07 Å². The summed E-state index contributed by atoms with van der Waals surface area (Å²) in [6.07, 6.45) is 0. The highest BCUT2D eigenvalue weighted by molar-refractivity contribution is 6.30. The van der Waals surface area contributed by atoms with Gasteiger partial charge in [0, 0.05) is 10.6 Å². The minimum Gasteiger partial charge on any atom is -0.426 e. The van der Waals surface area contributed by atoms with Crippen molar-refractivity contribution in [1.82, 2.24) is 9.71 Å². The van der Waals surface area contributed by atoms with Crippen LogP contribution in [0.2, 0.25) is 5.02 Å². The molecule has 0 saturated carbocycles. The van der Waals surface area contributed by atoms with Crippen LogP contribution in [0.4, 0.5) is 0 Å². The van der Waals surface area contributed by atoms with E-state index in [0.717, 1.165) is 10.3 Å². The van der Waals surface area contributed by atoms with Gasteiger partial charge in [-0.15, -0.1) is 0 Å². The molecule has 3 rings (SSSR count). The third-order valence-corrected chi connectivity index (χ3v) is 3.11. The fraction of sp³-hybridized carbons (Fsp3) is 0. The molecule has 2 aromatic carbocycles. The number of benzene rings is 2. The average molecular weight is 270 g/mol. The van der Waals surface area contributed by atoms with E-state index in [1.165, 1.54) is 0 Å². The lowest BCUT2D eigenvalue weighted by atomic mass is 10.2. The molecule has 0 bridgehead atoms. The molecular weight excluding hydrogens is 262 g/mol. The van der Waals surface area contributed by atoms with E-state index in [1.54, 1.807) is 42.5 Å². The molecule has 0 spiro atoms. The summed E-state index contributed by atoms with van der Waals surface area (Å²) in [5, 5.41) is 19.6. The number of aromatic nitrogens is 2. The number of halogens is 1. The second kappa shape index (κ2) is 4.30. The van der Waals surface area contributed by atoms with Crippen LogP contribution >= 0.6 is 11.6 Å². The molecule has 0 aliphatic heterocycles. The van der Waals surface area contributed by atoms with Gasteiger partial charge in [0.1, 0.15) is 5.52 Å². The van der Waals surface area contributed by atoms with Gasteiger partial charge in [-0.2, -0.15) is 9.99 Å². The van der Waals surface area contributed by atoms with Crippen molar-refractivity contribution in [3.05, 3.63) is 53.1 Å². The Morgan fingerprint density at radius 1 is 1.16 bits per heavy atom. The molecule has 0 radical (unpaired) electrons. The molecule has 0 aliphatic rings. The molecule has 19 heavy (non-hydrogen) atoms. The summed E-state index contributed by atoms with van der Waals surface area (Å²) in [7, 11) is 0. The Labute approximate surface area is 114 Å². The van der Waals surface area contributed by atoms with Crippen molar-refractivity contribution in [3.8, 4) is 17.5 Å². The zero-order valence-electron chi connectivity index (χ0n) is 9.71. The van der Waals surface area contributed by atoms with Crippen molar-refractivity contribution in [2.24, 2.45) is 0 Å². The Morgan fingerprint density at radius 3 is 2.58 bits per heavy atom. The van der Waals surface area contributed by atoms with Gasteiger partial charge in [-0.05, 0) is 42.5 Å². The van der Waals surface area contributed by atoms with Gasteiger partial charge in [0.2, 0.25) is 0 Å². The summed E-state index contributed by atoms with van der Waals surface area (Å²) in [6, 6.07) is 14.0. The summed E-state index contributed by atoms with van der Waals surface area (Å²) in [4.78, 5) is 4.35. The van der Waals surface area contributed by atoms with Crippen molar-refractivity contribution in [2.45, 2.75) is 0 Å². The van der Waals surface area contributed by atoms with Gasteiger partial charge >= 0.3 is 0 Å². The first-order valence-electron chi connectivity index (χ1n) is 5.57. The Morgan fingerprint density at radius 2 is 1.89 bits per heavy atom. The number of hydrogen-bond donors (Lipinski definition) is 1. The Kier molecular flexibility index (Phi) is 2.62. The van der Waals surface area contributed by atoms with Gasteiger partial charge in [0.15, 0.2) is 5.82 Å². The highest BCUT2D eigenvalue weighted by Crippen LogP contribution is 2.25. The highest BCUT2D eigenvalue weighted by atomic mass is 35.5. The summed E-state index contributed by atoms with van der Waals surface area (Å²) >= 11 is 5.83. The quantitative estimate of drug-likeness (QED) is 0.688. The molecule has 0 unspecified atom stereocenters. The minimum absolute atomic E-state index is 0.418. The molecule has 0 atom stereocenters. The fourth-order valence-electron chi connectivity index (χ4n) is 1.92. The predicted molar refractivity (Wildman–Crippen MR) is 72.1 cm³/mol. The van der Waals surface area contributed by atoms with Crippen LogP contribution in [-0.2, 0) is 0 Å². The molecular formula is C14H8ClN3O. The lowest BCUT2D eigenvalue weighted by molar-refractivity contribution is 0.203. The summed E-state index contributed by atoms with van der Waals surface area (Å²) in [6.45, 7) is 0. The molecule has 1 aromatic heterocycles. The van der Waals surface area contributed by atoms with Crippen LogP contribution in [0.25, 0.3) is 22.4 Å². The molecule has 1 N–H and O–H groups in total. The summed E-state index contributed by atoms with van der Waals surface area (Å²) in [5.74, 6) is 0.418. The molecule has 0 fully saturated rings. The van der Waals surface area contributed by atoms with E-state index in [9.17, 15) is 5.21 Å². The maximum Gasteiger partial charge on any atom is 0.176 e. The topological polar surface area (TPSA) is 61.8 Å². The van der Waals surface area contributed by atoms with Crippen LogP contribution < -0.4 is 0 Å². The summed E-state index contributed by atoms with van der Waals surface area (Å²) < 4.78 is 0.986. The fourth-order valence-corrected chi connectivity index (χ4v) is 2.04. The number of rotatable bonds is 1. The van der Waals surface area contributed by atoms with Crippen molar-refractivity contribution >= 4 is 22.6 Å². The second-order valence-electron chi connectivity index (χ2n) is 4.07. The standard InChI is InChI=1S/C14H8ClN3O/c15-11-4-2-10(3-5-11)14-17-12-6-1-9(8-16)7-13(12)18(14)19/h1-7,19H. The summed E-state index contributed by atoms with van der Waals surface area (Å²) in [5.41, 5.74) is 2.36. The van der Waals surface area contributed by atoms with Gasteiger partial charge in [0.05, 0.1) is 17.1 Å². The third-order valence-electron chi connectivity index (χ3n) is 2.86. The van der Waals surface area contributed by atoms with Crippen LogP contribution in [0, 0.1) is 11.3 Å². The first-order chi connectivity index (χ1) is 9.19. The third kappa shape index (κ3) is 1.90. The van der Waals surface area contributed by atoms with Crippen molar-refractivity contribution in [3.63, 3.8) is 0 Å². The molecule has 4 nitrogen and oxygen atoms in total. The van der Waals surface area contributed by atoms with Gasteiger partial charge in [-0.25, -0.2) is 4.98 Å². The first kappa shape index (κ1) is 11.6. The first-order valence-corrected chi connectivity index (χ1v) is 5.94. The second-order valence-corrected chi connectivity index (χ2v) is 4.51. The van der Waals surface area contributed by atoms with Crippen LogP contribution in [-0.4, -0.2) is 14.9 Å². The van der Waals surface area contributed by atoms with Crippen LogP contribution in [0.1, 0.15) is 5.56 Å². The lowest BCUT2D eigenvalue weighted by Crippen LogP contribution is -1.94. The largest absolute Gasteiger partial charge is 0.426 e. The van der Waals surface area contributed by atoms with Gasteiger partial charge in [-0.1, -0.05) is 11.6 Å². The normalized spacial score (nSPS) is 10.5. The zero-order chi connectivity index (χ0) is 13.4. The highest BCUT2D eigenvalue weighted by Gasteiger charge is 2.12. The number of hydrogen-bond acceptors (Lipinski definition) is 3. The van der Waals surface area contributed by atoms with E-state index in [4.69, 9.17) is 16.9 Å². The van der Waals surface area contributed by atoms with E-state index in [-0.39, 0.29) is 0 Å². The van der Waals surface area contributed by atoms with Crippen molar-refractivity contribution in [2.75, 3.05) is 0 Å². The molecule has 0 aliphatic carbocycles. The average Bonchev–Trinajstić information content (AvgIpc) is 2.76. The minimum atomic E-state index is 0.418. The van der Waals surface area contributed by atoms with E-state index >= 15 is 0 Å². The number of nitriles is 1. The van der Waals surface area contributed by atoms with Gasteiger partial charge in [0.25, 0.3) is 0 Å². The zero-order valence-corrected chi connectivity index (χ0v) is 10.5. The maximum atomic E-state index is 10.1. The van der Waals surface area contributed by atoms with E-state index in [0.29, 0.717) is 27.4 Å². The molecule has 1 heterocycles. The molecule has 0 amide bonds. The van der Waals surface area contributed by atoms with E-state index in [2.05, 4.69) is 4.98 Å². The van der Waals surface area contributed by atoms with Crippen molar-refractivity contribution < 1.29 is 5.21 Å². The monoisotopic (exact) mass is 269 g/mol. The number of fused-ring (bicyclic) bond motifs is 1. The Balaban J connectivity index is 2.23. The SMILES string of the molecule is N#Cc1ccc2nc(-c3ccc(Cl)cc3)n(O)c2c1. The van der Waals surface area contributed by atoms with E-state index < -0.39 is 0 Å². The van der Waals surface area contributed by atoms with Crippen LogP contribution in [0.5, 0.6) is 0 Å². The van der Waals surface area contributed by atoms with Crippen molar-refractivity contribution in [1.29, 1.82) is 5.26 Å². The molecule has 0 saturated heterocycles. The molecule has 92 valence electrons. The lowest BCUT2D eigenvalue weighted by Gasteiger charge is -2.01. The van der Waals surface area contributed by atoms with Gasteiger partial charge < -0.3 is 5.21 Å². The smallest absolute Gasteiger partial charge is 0.176 e.